The van der Waals surface area contributed by atoms with Gasteiger partial charge < -0.3 is 5.73 Å². The topological polar surface area (TPSA) is 85.1 Å². The van der Waals surface area contributed by atoms with Crippen molar-refractivity contribution >= 4 is 48.9 Å². The van der Waals surface area contributed by atoms with E-state index >= 15 is 0 Å². The Morgan fingerprint density at radius 1 is 1.40 bits per heavy atom. The number of nitrogen functional groups attached to an aromatic ring is 1. The van der Waals surface area contributed by atoms with Crippen LogP contribution in [0.4, 0.5) is 15.8 Å². The molecule has 106 valence electrons. The predicted molar refractivity (Wildman–Crippen MR) is 78.6 cm³/mol. The molecule has 2 rings (SSSR count). The van der Waals surface area contributed by atoms with Gasteiger partial charge in [0.25, 0.3) is 10.0 Å². The van der Waals surface area contributed by atoms with Crippen molar-refractivity contribution in [3.63, 3.8) is 0 Å². The first-order chi connectivity index (χ1) is 9.31. The molecule has 0 unspecified atom stereocenters. The van der Waals surface area contributed by atoms with Crippen molar-refractivity contribution in [1.82, 2.24) is 4.98 Å². The van der Waals surface area contributed by atoms with Crippen LogP contribution in [0.3, 0.4) is 0 Å². The highest BCUT2D eigenvalue weighted by Crippen LogP contribution is 2.29. The molecule has 1 aromatic carbocycles. The number of pyridine rings is 1. The van der Waals surface area contributed by atoms with Gasteiger partial charge in [-0.2, -0.15) is 0 Å². The first kappa shape index (κ1) is 15.0. The average Bonchev–Trinajstić information content (AvgIpc) is 2.36. The van der Waals surface area contributed by atoms with Gasteiger partial charge in [-0.05, 0) is 40.2 Å². The fourth-order valence-electron chi connectivity index (χ4n) is 1.41. The number of nitrogens with one attached hydrogen (secondary N) is 1. The quantitative estimate of drug-likeness (QED) is 0.633. The third-order valence-electron chi connectivity index (χ3n) is 2.34. The van der Waals surface area contributed by atoms with Crippen molar-refractivity contribution in [2.24, 2.45) is 0 Å². The lowest BCUT2D eigenvalue weighted by Crippen LogP contribution is -2.14. The second-order valence-electron chi connectivity index (χ2n) is 3.75. The molecule has 0 atom stereocenters. The number of anilines is 2. The third-order valence-corrected chi connectivity index (χ3v) is 4.97. The summed E-state index contributed by atoms with van der Waals surface area (Å²) in [7, 11) is -3.97. The molecule has 0 fully saturated rings. The van der Waals surface area contributed by atoms with Crippen molar-refractivity contribution in [2.45, 2.75) is 4.90 Å². The Balaban J connectivity index is 2.47. The molecule has 3 N–H and O–H groups in total. The molecule has 0 radical (unpaired) electrons. The molecule has 0 saturated carbocycles. The Hall–Kier alpha value is -1.38. The zero-order chi connectivity index (χ0) is 14.9. The molecule has 20 heavy (non-hydrogen) atoms. The zero-order valence-corrected chi connectivity index (χ0v) is 12.9. The van der Waals surface area contributed by atoms with E-state index < -0.39 is 15.8 Å². The van der Waals surface area contributed by atoms with E-state index in [-0.39, 0.29) is 25.9 Å². The number of nitrogens with zero attached hydrogens (tertiary/aromatic N) is 1. The molecule has 0 amide bonds. The minimum Gasteiger partial charge on any atom is -0.396 e. The Labute approximate surface area is 128 Å². The van der Waals surface area contributed by atoms with Crippen molar-refractivity contribution in [2.75, 3.05) is 10.5 Å². The standard InChI is InChI=1S/C11H8BrClFN3O2S/c12-6-4-7(14)8(15)5-10(6)20(18,19)17-9-2-1-3-16-11(9)13/h1-5,17H,15H2. The fraction of sp³-hybridized carbons (Fsp3) is 0. The van der Waals surface area contributed by atoms with Crippen LogP contribution in [-0.4, -0.2) is 13.4 Å². The minimum absolute atomic E-state index is 0.00211. The number of benzene rings is 1. The first-order valence-electron chi connectivity index (χ1n) is 5.19. The summed E-state index contributed by atoms with van der Waals surface area (Å²) in [5.74, 6) is -0.713. The SMILES string of the molecule is Nc1cc(S(=O)(=O)Nc2cccnc2Cl)c(Br)cc1F. The summed E-state index contributed by atoms with van der Waals surface area (Å²) < 4.78 is 40.0. The van der Waals surface area contributed by atoms with Crippen molar-refractivity contribution in [3.8, 4) is 0 Å². The van der Waals surface area contributed by atoms with Crippen LogP contribution >= 0.6 is 27.5 Å². The Bertz CT molecular complexity index is 770. The normalized spacial score (nSPS) is 11.3. The number of halogens is 3. The van der Waals surface area contributed by atoms with E-state index in [1.165, 1.54) is 18.3 Å². The third kappa shape index (κ3) is 3.02. The van der Waals surface area contributed by atoms with E-state index in [1.54, 1.807) is 0 Å². The molecule has 0 aliphatic heterocycles. The van der Waals surface area contributed by atoms with Crippen LogP contribution in [0, 0.1) is 5.82 Å². The molecular formula is C11H8BrClFN3O2S. The second kappa shape index (κ2) is 5.55. The molecule has 0 aliphatic rings. The number of aromatic nitrogens is 1. The average molecular weight is 381 g/mol. The molecule has 5 nitrogen and oxygen atoms in total. The number of sulfonamides is 1. The molecule has 0 bridgehead atoms. The summed E-state index contributed by atoms with van der Waals surface area (Å²) in [5, 5.41) is 0.00211. The lowest BCUT2D eigenvalue weighted by atomic mass is 10.3. The van der Waals surface area contributed by atoms with Crippen LogP contribution in [0.15, 0.2) is 39.8 Å². The minimum atomic E-state index is -3.97. The van der Waals surface area contributed by atoms with Gasteiger partial charge in [0.05, 0.1) is 11.4 Å². The number of hydrogen-bond acceptors (Lipinski definition) is 4. The Morgan fingerprint density at radius 2 is 2.10 bits per heavy atom. The summed E-state index contributed by atoms with van der Waals surface area (Å²) in [6.45, 7) is 0. The Morgan fingerprint density at radius 3 is 2.75 bits per heavy atom. The number of nitrogens with two attached hydrogens (primary N) is 1. The van der Waals surface area contributed by atoms with E-state index in [0.29, 0.717) is 0 Å². The van der Waals surface area contributed by atoms with E-state index in [0.717, 1.165) is 12.1 Å². The Kier molecular flexibility index (Phi) is 4.17. The lowest BCUT2D eigenvalue weighted by Gasteiger charge is -2.11. The molecule has 1 aromatic heterocycles. The van der Waals surface area contributed by atoms with Crippen LogP contribution in [0.2, 0.25) is 5.15 Å². The van der Waals surface area contributed by atoms with Crippen LogP contribution in [0.5, 0.6) is 0 Å². The molecule has 0 spiro atoms. The maximum absolute atomic E-state index is 13.2. The predicted octanol–water partition coefficient (Wildman–Crippen LogP) is 3.02. The van der Waals surface area contributed by atoms with Crippen molar-refractivity contribution in [1.29, 1.82) is 0 Å². The highest BCUT2D eigenvalue weighted by molar-refractivity contribution is 9.10. The highest BCUT2D eigenvalue weighted by atomic mass is 79.9. The molecule has 2 aromatic rings. The van der Waals surface area contributed by atoms with Gasteiger partial charge in [0, 0.05) is 10.7 Å². The van der Waals surface area contributed by atoms with Gasteiger partial charge in [-0.1, -0.05) is 11.6 Å². The van der Waals surface area contributed by atoms with Gasteiger partial charge in [-0.15, -0.1) is 0 Å². The molecule has 1 heterocycles. The number of rotatable bonds is 3. The molecular weight excluding hydrogens is 373 g/mol. The van der Waals surface area contributed by atoms with Gasteiger partial charge in [0.15, 0.2) is 5.15 Å². The van der Waals surface area contributed by atoms with E-state index in [4.69, 9.17) is 17.3 Å². The monoisotopic (exact) mass is 379 g/mol. The lowest BCUT2D eigenvalue weighted by molar-refractivity contribution is 0.599. The molecule has 0 saturated heterocycles. The smallest absolute Gasteiger partial charge is 0.263 e. The van der Waals surface area contributed by atoms with Crippen LogP contribution in [0.1, 0.15) is 0 Å². The maximum atomic E-state index is 13.2. The van der Waals surface area contributed by atoms with Gasteiger partial charge in [-0.3, -0.25) is 4.72 Å². The van der Waals surface area contributed by atoms with Gasteiger partial charge >= 0.3 is 0 Å². The van der Waals surface area contributed by atoms with Crippen LogP contribution in [-0.2, 0) is 10.0 Å². The zero-order valence-electron chi connectivity index (χ0n) is 9.77. The summed E-state index contributed by atoms with van der Waals surface area (Å²) in [6, 6.07) is 4.98. The molecule has 0 aliphatic carbocycles. The highest BCUT2D eigenvalue weighted by Gasteiger charge is 2.21. The van der Waals surface area contributed by atoms with Crippen LogP contribution < -0.4 is 10.5 Å². The second-order valence-corrected chi connectivity index (χ2v) is 6.61. The van der Waals surface area contributed by atoms with Crippen molar-refractivity contribution < 1.29 is 12.8 Å². The van der Waals surface area contributed by atoms with Gasteiger partial charge in [0.1, 0.15) is 10.7 Å². The summed E-state index contributed by atoms with van der Waals surface area (Å²) in [6.07, 6.45) is 1.42. The van der Waals surface area contributed by atoms with E-state index in [2.05, 4.69) is 25.6 Å². The first-order valence-corrected chi connectivity index (χ1v) is 7.84. The fourth-order valence-corrected chi connectivity index (χ4v) is 3.75. The summed E-state index contributed by atoms with van der Waals surface area (Å²) in [5.41, 5.74) is 5.23. The maximum Gasteiger partial charge on any atom is 0.263 e. The van der Waals surface area contributed by atoms with E-state index in [9.17, 15) is 12.8 Å². The summed E-state index contributed by atoms with van der Waals surface area (Å²) in [4.78, 5) is 3.56. The summed E-state index contributed by atoms with van der Waals surface area (Å²) >= 11 is 8.77. The van der Waals surface area contributed by atoms with Gasteiger partial charge in [0.2, 0.25) is 0 Å². The van der Waals surface area contributed by atoms with Crippen LogP contribution in [0.25, 0.3) is 0 Å². The van der Waals surface area contributed by atoms with Crippen molar-refractivity contribution in [3.05, 3.63) is 45.9 Å². The molecule has 9 heteroatoms. The number of hydrogen-bond donors (Lipinski definition) is 2. The van der Waals surface area contributed by atoms with E-state index in [1.807, 2.05) is 0 Å². The van der Waals surface area contributed by atoms with Gasteiger partial charge in [-0.25, -0.2) is 17.8 Å². The largest absolute Gasteiger partial charge is 0.396 e.